The molecule has 0 unspecified atom stereocenters. The Morgan fingerprint density at radius 2 is 2.50 bits per heavy atom. The Morgan fingerprint density at radius 3 is 3.08 bits per heavy atom. The van der Waals surface area contributed by atoms with Crippen molar-refractivity contribution in [3.8, 4) is 0 Å². The van der Waals surface area contributed by atoms with Crippen LogP contribution >= 0.6 is 11.3 Å². The minimum atomic E-state index is 0.348. The fourth-order valence-corrected chi connectivity index (χ4v) is 1.54. The molecule has 2 aromatic heterocycles. The Morgan fingerprint density at radius 1 is 1.58 bits per heavy atom. The number of nitrogens with zero attached hydrogens (tertiary/aromatic N) is 4. The fourth-order valence-electron chi connectivity index (χ4n) is 0.880. The van der Waals surface area contributed by atoms with Crippen molar-refractivity contribution in [2.45, 2.75) is 6.54 Å². The Kier molecular flexibility index (Phi) is 1.75. The number of nitrogens with two attached hydrogens (primary N) is 1. The van der Waals surface area contributed by atoms with Crippen LogP contribution in [0.1, 0.15) is 5.56 Å². The van der Waals surface area contributed by atoms with Crippen LogP contribution in [0.2, 0.25) is 0 Å². The lowest BCUT2D eigenvalue weighted by Crippen LogP contribution is -2.05. The van der Waals surface area contributed by atoms with Gasteiger partial charge in [0.2, 0.25) is 5.95 Å². The largest absolute Gasteiger partial charge is 0.367 e. The summed E-state index contributed by atoms with van der Waals surface area (Å²) in [5.41, 5.74) is 6.65. The maximum absolute atomic E-state index is 5.49. The number of rotatable bonds is 2. The molecule has 2 N–H and O–H groups in total. The van der Waals surface area contributed by atoms with E-state index in [-0.39, 0.29) is 0 Å². The van der Waals surface area contributed by atoms with Gasteiger partial charge in [0.1, 0.15) is 0 Å². The molecule has 6 heteroatoms. The van der Waals surface area contributed by atoms with Crippen molar-refractivity contribution in [3.63, 3.8) is 0 Å². The van der Waals surface area contributed by atoms with Gasteiger partial charge in [-0.2, -0.15) is 11.3 Å². The van der Waals surface area contributed by atoms with E-state index in [9.17, 15) is 0 Å². The van der Waals surface area contributed by atoms with Crippen LogP contribution in [-0.4, -0.2) is 20.2 Å². The van der Waals surface area contributed by atoms with Gasteiger partial charge >= 0.3 is 0 Å². The molecule has 62 valence electrons. The van der Waals surface area contributed by atoms with E-state index in [0.29, 0.717) is 12.5 Å². The standard InChI is InChI=1S/C6H7N5S/c7-6-8-9-10-11(6)3-5-1-2-12-4-5/h1-2,4H,3H2,(H2,7,8,10). The lowest BCUT2D eigenvalue weighted by Gasteiger charge is -1.96. The third-order valence-electron chi connectivity index (χ3n) is 1.47. The summed E-state index contributed by atoms with van der Waals surface area (Å²) < 4.78 is 1.56. The average molecular weight is 181 g/mol. The van der Waals surface area contributed by atoms with Gasteiger partial charge in [-0.3, -0.25) is 0 Å². The maximum atomic E-state index is 5.49. The van der Waals surface area contributed by atoms with Gasteiger partial charge in [-0.15, -0.1) is 0 Å². The lowest BCUT2D eigenvalue weighted by atomic mass is 10.3. The summed E-state index contributed by atoms with van der Waals surface area (Å²) in [7, 11) is 0. The molecular formula is C6H7N5S. The van der Waals surface area contributed by atoms with E-state index in [1.54, 1.807) is 16.0 Å². The zero-order valence-electron chi connectivity index (χ0n) is 6.21. The highest BCUT2D eigenvalue weighted by atomic mass is 32.1. The maximum Gasteiger partial charge on any atom is 0.240 e. The first kappa shape index (κ1) is 7.23. The molecule has 0 spiro atoms. The molecule has 2 rings (SSSR count). The molecule has 0 amide bonds. The van der Waals surface area contributed by atoms with Crippen LogP contribution in [-0.2, 0) is 6.54 Å². The van der Waals surface area contributed by atoms with Crippen LogP contribution < -0.4 is 5.73 Å². The predicted octanol–water partition coefficient (Wildman–Crippen LogP) is 0.365. The van der Waals surface area contributed by atoms with Gasteiger partial charge in [0, 0.05) is 0 Å². The average Bonchev–Trinajstić information content (AvgIpc) is 2.65. The molecule has 0 aromatic carbocycles. The number of thiophene rings is 1. The summed E-state index contributed by atoms with van der Waals surface area (Å²) in [6.45, 7) is 0.641. The molecule has 0 atom stereocenters. The number of nitrogen functional groups attached to an aromatic ring is 1. The third-order valence-corrected chi connectivity index (χ3v) is 2.20. The van der Waals surface area contributed by atoms with Gasteiger partial charge in [-0.1, -0.05) is 5.10 Å². The first-order valence-electron chi connectivity index (χ1n) is 3.39. The second kappa shape index (κ2) is 2.90. The highest BCUT2D eigenvalue weighted by Crippen LogP contribution is 2.08. The Hall–Kier alpha value is -1.43. The lowest BCUT2D eigenvalue weighted by molar-refractivity contribution is 0.656. The number of aromatic nitrogens is 4. The summed E-state index contributed by atoms with van der Waals surface area (Å²) in [5.74, 6) is 0.348. The molecule has 0 saturated carbocycles. The number of anilines is 1. The Labute approximate surface area is 72.8 Å². The van der Waals surface area contributed by atoms with Gasteiger partial charge < -0.3 is 5.73 Å². The van der Waals surface area contributed by atoms with Gasteiger partial charge in [-0.05, 0) is 32.8 Å². The zero-order valence-corrected chi connectivity index (χ0v) is 7.03. The Bertz CT molecular complexity index is 352. The number of tetrazole rings is 1. The minimum Gasteiger partial charge on any atom is -0.367 e. The van der Waals surface area contributed by atoms with E-state index in [1.807, 2.05) is 16.8 Å². The van der Waals surface area contributed by atoms with Crippen LogP contribution in [0.25, 0.3) is 0 Å². The summed E-state index contributed by atoms with van der Waals surface area (Å²) in [4.78, 5) is 0. The molecule has 12 heavy (non-hydrogen) atoms. The number of hydrogen-bond donors (Lipinski definition) is 1. The van der Waals surface area contributed by atoms with Crippen molar-refractivity contribution in [1.82, 2.24) is 20.2 Å². The van der Waals surface area contributed by atoms with Crippen molar-refractivity contribution < 1.29 is 0 Å². The smallest absolute Gasteiger partial charge is 0.240 e. The van der Waals surface area contributed by atoms with Crippen molar-refractivity contribution in [2.24, 2.45) is 0 Å². The summed E-state index contributed by atoms with van der Waals surface area (Å²) in [6, 6.07) is 2.02. The van der Waals surface area contributed by atoms with Gasteiger partial charge in [0.05, 0.1) is 6.54 Å². The SMILES string of the molecule is Nc1nnnn1Cc1ccsc1. The van der Waals surface area contributed by atoms with Crippen LogP contribution in [0.3, 0.4) is 0 Å². The minimum absolute atomic E-state index is 0.348. The normalized spacial score (nSPS) is 10.3. The molecule has 0 bridgehead atoms. The highest BCUT2D eigenvalue weighted by molar-refractivity contribution is 7.07. The van der Waals surface area contributed by atoms with Crippen molar-refractivity contribution >= 4 is 17.3 Å². The number of hydrogen-bond acceptors (Lipinski definition) is 5. The first-order valence-corrected chi connectivity index (χ1v) is 4.33. The van der Waals surface area contributed by atoms with Crippen LogP contribution in [0.5, 0.6) is 0 Å². The van der Waals surface area contributed by atoms with Crippen molar-refractivity contribution in [2.75, 3.05) is 5.73 Å². The summed E-state index contributed by atoms with van der Waals surface area (Å²) in [5, 5.41) is 14.8. The van der Waals surface area contributed by atoms with Crippen LogP contribution in [0.4, 0.5) is 5.95 Å². The van der Waals surface area contributed by atoms with Crippen LogP contribution in [0.15, 0.2) is 16.8 Å². The van der Waals surface area contributed by atoms with Crippen molar-refractivity contribution in [1.29, 1.82) is 0 Å². The molecule has 5 nitrogen and oxygen atoms in total. The summed E-state index contributed by atoms with van der Waals surface area (Å²) in [6.07, 6.45) is 0. The molecule has 0 aliphatic rings. The molecule has 0 aliphatic carbocycles. The zero-order chi connectivity index (χ0) is 8.39. The van der Waals surface area contributed by atoms with E-state index in [1.165, 1.54) is 5.56 Å². The second-order valence-electron chi connectivity index (χ2n) is 2.33. The van der Waals surface area contributed by atoms with E-state index in [4.69, 9.17) is 5.73 Å². The quantitative estimate of drug-likeness (QED) is 0.726. The van der Waals surface area contributed by atoms with Gasteiger partial charge in [-0.25, -0.2) is 4.68 Å². The molecule has 0 fully saturated rings. The van der Waals surface area contributed by atoms with Crippen LogP contribution in [0, 0.1) is 0 Å². The third kappa shape index (κ3) is 1.28. The van der Waals surface area contributed by atoms with Gasteiger partial charge in [0.15, 0.2) is 0 Å². The van der Waals surface area contributed by atoms with Crippen molar-refractivity contribution in [3.05, 3.63) is 22.4 Å². The molecule has 0 saturated heterocycles. The molecule has 2 heterocycles. The molecule has 2 aromatic rings. The Balaban J connectivity index is 2.20. The summed E-state index contributed by atoms with van der Waals surface area (Å²) >= 11 is 1.64. The molecule has 0 radical (unpaired) electrons. The van der Waals surface area contributed by atoms with E-state index in [0.717, 1.165) is 0 Å². The van der Waals surface area contributed by atoms with E-state index in [2.05, 4.69) is 15.5 Å². The fraction of sp³-hybridized carbons (Fsp3) is 0.167. The highest BCUT2D eigenvalue weighted by Gasteiger charge is 2.01. The monoisotopic (exact) mass is 181 g/mol. The topological polar surface area (TPSA) is 69.6 Å². The molecule has 0 aliphatic heterocycles. The van der Waals surface area contributed by atoms with Gasteiger partial charge in [0.25, 0.3) is 0 Å². The predicted molar refractivity (Wildman–Crippen MR) is 45.7 cm³/mol. The first-order chi connectivity index (χ1) is 5.86. The molecular weight excluding hydrogens is 174 g/mol. The van der Waals surface area contributed by atoms with E-state index >= 15 is 0 Å². The van der Waals surface area contributed by atoms with E-state index < -0.39 is 0 Å². The second-order valence-corrected chi connectivity index (χ2v) is 3.11.